The Kier molecular flexibility index (Phi) is 6.57. The van der Waals surface area contributed by atoms with Crippen molar-refractivity contribution in [3.63, 3.8) is 0 Å². The predicted octanol–water partition coefficient (Wildman–Crippen LogP) is 2.81. The van der Waals surface area contributed by atoms with Gasteiger partial charge < -0.3 is 10.1 Å². The summed E-state index contributed by atoms with van der Waals surface area (Å²) in [7, 11) is -2.82. The summed E-state index contributed by atoms with van der Waals surface area (Å²) in [6.45, 7) is -0.708. The summed E-state index contributed by atoms with van der Waals surface area (Å²) in [5, 5.41) is 2.51. The average molecular weight is 433 g/mol. The van der Waals surface area contributed by atoms with Gasteiger partial charge in [-0.1, -0.05) is 11.6 Å². The number of benzene rings is 2. The maximum Gasteiger partial charge on any atom is 0.339 e. The van der Waals surface area contributed by atoms with Crippen LogP contribution < -0.4 is 9.62 Å². The fourth-order valence-electron chi connectivity index (χ4n) is 2.24. The number of anilines is 2. The van der Waals surface area contributed by atoms with Crippen molar-refractivity contribution in [1.82, 2.24) is 0 Å². The van der Waals surface area contributed by atoms with Crippen LogP contribution in [-0.4, -0.2) is 40.2 Å². The average Bonchev–Trinajstić information content (AvgIpc) is 2.62. The Morgan fingerprint density at radius 2 is 1.82 bits per heavy atom. The molecule has 0 saturated heterocycles. The van der Waals surface area contributed by atoms with E-state index in [0.29, 0.717) is 10.4 Å². The molecule has 1 amide bonds. The molecule has 2 aromatic carbocycles. The molecule has 0 heterocycles. The van der Waals surface area contributed by atoms with Crippen molar-refractivity contribution in [2.75, 3.05) is 29.5 Å². The third-order valence-electron chi connectivity index (χ3n) is 3.53. The van der Waals surface area contributed by atoms with Gasteiger partial charge in [-0.2, -0.15) is 0 Å². The first-order chi connectivity index (χ1) is 13.0. The molecule has 0 aromatic heterocycles. The van der Waals surface area contributed by atoms with Gasteiger partial charge >= 0.3 is 5.97 Å². The van der Waals surface area contributed by atoms with E-state index in [9.17, 15) is 26.8 Å². The third kappa shape index (κ3) is 5.17. The van der Waals surface area contributed by atoms with Crippen molar-refractivity contribution in [2.24, 2.45) is 0 Å². The van der Waals surface area contributed by atoms with Gasteiger partial charge in [0.2, 0.25) is 15.9 Å². The first kappa shape index (κ1) is 21.6. The number of ether oxygens (including phenoxy) is 1. The quantitative estimate of drug-likeness (QED) is 0.708. The molecule has 7 nitrogen and oxygen atoms in total. The lowest BCUT2D eigenvalue weighted by Crippen LogP contribution is -2.37. The molecule has 0 fully saturated rings. The number of sulfonamides is 1. The van der Waals surface area contributed by atoms with Crippen LogP contribution in [-0.2, 0) is 19.6 Å². The van der Waals surface area contributed by atoms with E-state index in [2.05, 4.69) is 10.1 Å². The largest absolute Gasteiger partial charge is 0.465 e. The standard InChI is InChI=1S/C17H15ClF2N2O5S/c1-27-17(24)12-7-10(3-5-13(12)18)21-16(23)9-22(28(2,25)26)11-4-6-14(19)15(20)8-11/h3-8H,9H2,1-2H3,(H,21,23). The number of amides is 1. The first-order valence-electron chi connectivity index (χ1n) is 7.63. The Morgan fingerprint density at radius 3 is 2.39 bits per heavy atom. The number of carbonyl (C=O) groups is 2. The Morgan fingerprint density at radius 1 is 1.14 bits per heavy atom. The lowest BCUT2D eigenvalue weighted by molar-refractivity contribution is -0.114. The fraction of sp³-hybridized carbons (Fsp3) is 0.176. The van der Waals surface area contributed by atoms with Crippen LogP contribution in [0.25, 0.3) is 0 Å². The molecule has 0 spiro atoms. The fourth-order valence-corrected chi connectivity index (χ4v) is 3.28. The second-order valence-corrected chi connectivity index (χ2v) is 7.92. The first-order valence-corrected chi connectivity index (χ1v) is 9.86. The van der Waals surface area contributed by atoms with Crippen molar-refractivity contribution in [3.05, 3.63) is 58.6 Å². The minimum absolute atomic E-state index is 0.00235. The normalized spacial score (nSPS) is 11.0. The molecule has 1 N–H and O–H groups in total. The highest BCUT2D eigenvalue weighted by Crippen LogP contribution is 2.23. The summed E-state index contributed by atoms with van der Waals surface area (Å²) in [6, 6.07) is 6.46. The second kappa shape index (κ2) is 8.53. The number of nitrogens with one attached hydrogen (secondary N) is 1. The maximum absolute atomic E-state index is 13.5. The van der Waals surface area contributed by atoms with Gasteiger partial charge in [-0.25, -0.2) is 22.0 Å². The predicted molar refractivity (Wildman–Crippen MR) is 100.0 cm³/mol. The molecule has 0 radical (unpaired) electrons. The van der Waals surface area contributed by atoms with Crippen molar-refractivity contribution in [3.8, 4) is 0 Å². The summed E-state index contributed by atoms with van der Waals surface area (Å²) < 4.78 is 55.7. The zero-order valence-corrected chi connectivity index (χ0v) is 16.3. The summed E-state index contributed by atoms with van der Waals surface area (Å²) in [6.07, 6.45) is 0.819. The second-order valence-electron chi connectivity index (χ2n) is 5.60. The van der Waals surface area contributed by atoms with Crippen molar-refractivity contribution in [1.29, 1.82) is 0 Å². The number of hydrogen-bond acceptors (Lipinski definition) is 5. The lowest BCUT2D eigenvalue weighted by Gasteiger charge is -2.22. The molecule has 150 valence electrons. The van der Waals surface area contributed by atoms with Gasteiger partial charge in [0, 0.05) is 11.8 Å². The highest BCUT2D eigenvalue weighted by atomic mass is 35.5. The Balaban J connectivity index is 2.25. The molecule has 0 atom stereocenters. The highest BCUT2D eigenvalue weighted by Gasteiger charge is 2.22. The zero-order chi connectivity index (χ0) is 21.1. The van der Waals surface area contributed by atoms with E-state index in [1.807, 2.05) is 0 Å². The maximum atomic E-state index is 13.5. The van der Waals surface area contributed by atoms with E-state index >= 15 is 0 Å². The van der Waals surface area contributed by atoms with Gasteiger partial charge in [0.25, 0.3) is 0 Å². The molecular formula is C17H15ClF2N2O5S. The van der Waals surface area contributed by atoms with Gasteiger partial charge in [-0.15, -0.1) is 0 Å². The molecule has 0 unspecified atom stereocenters. The van der Waals surface area contributed by atoms with Crippen molar-refractivity contribution < 1.29 is 31.5 Å². The Labute approximate surface area is 164 Å². The molecule has 2 rings (SSSR count). The van der Waals surface area contributed by atoms with E-state index in [1.165, 1.54) is 18.2 Å². The molecule has 11 heteroatoms. The van der Waals surface area contributed by atoms with E-state index in [0.717, 1.165) is 25.5 Å². The van der Waals surface area contributed by atoms with E-state index in [1.54, 1.807) is 0 Å². The van der Waals surface area contributed by atoms with Crippen LogP contribution >= 0.6 is 11.6 Å². The molecule has 0 aliphatic carbocycles. The monoisotopic (exact) mass is 432 g/mol. The Bertz CT molecular complexity index is 1030. The van der Waals surface area contributed by atoms with Crippen LogP contribution in [0.15, 0.2) is 36.4 Å². The van der Waals surface area contributed by atoms with Crippen molar-refractivity contribution >= 4 is 44.9 Å². The van der Waals surface area contributed by atoms with Crippen LogP contribution in [0.4, 0.5) is 20.2 Å². The molecule has 0 aliphatic rings. The number of methoxy groups -OCH3 is 1. The minimum Gasteiger partial charge on any atom is -0.465 e. The molecule has 2 aromatic rings. The van der Waals surface area contributed by atoms with Gasteiger partial charge in [0.15, 0.2) is 11.6 Å². The van der Waals surface area contributed by atoms with E-state index in [4.69, 9.17) is 11.6 Å². The minimum atomic E-state index is -3.98. The van der Waals surface area contributed by atoms with Crippen LogP contribution in [0.1, 0.15) is 10.4 Å². The van der Waals surface area contributed by atoms with Gasteiger partial charge in [-0.3, -0.25) is 9.10 Å². The lowest BCUT2D eigenvalue weighted by atomic mass is 10.2. The topological polar surface area (TPSA) is 92.8 Å². The third-order valence-corrected chi connectivity index (χ3v) is 5.00. The molecule has 0 bridgehead atoms. The van der Waals surface area contributed by atoms with Crippen molar-refractivity contribution in [2.45, 2.75) is 0 Å². The summed E-state index contributed by atoms with van der Waals surface area (Å²) >= 11 is 5.89. The summed E-state index contributed by atoms with van der Waals surface area (Å²) in [5.74, 6) is -3.92. The number of esters is 1. The number of hydrogen-bond donors (Lipinski definition) is 1. The highest BCUT2D eigenvalue weighted by molar-refractivity contribution is 7.92. The zero-order valence-electron chi connectivity index (χ0n) is 14.7. The Hall–Kier alpha value is -2.72. The molecular weight excluding hydrogens is 418 g/mol. The summed E-state index contributed by atoms with van der Waals surface area (Å²) in [5.41, 5.74) is -0.0565. The van der Waals surface area contributed by atoms with Gasteiger partial charge in [0.1, 0.15) is 6.54 Å². The van der Waals surface area contributed by atoms with E-state index < -0.39 is 40.1 Å². The van der Waals surface area contributed by atoms with Crippen LogP contribution in [0.3, 0.4) is 0 Å². The van der Waals surface area contributed by atoms with Crippen LogP contribution in [0.5, 0.6) is 0 Å². The number of rotatable bonds is 6. The SMILES string of the molecule is COC(=O)c1cc(NC(=O)CN(c2ccc(F)c(F)c2)S(C)(=O)=O)ccc1Cl. The van der Waals surface area contributed by atoms with E-state index in [-0.39, 0.29) is 22.0 Å². The summed E-state index contributed by atoms with van der Waals surface area (Å²) in [4.78, 5) is 23.9. The number of nitrogens with zero attached hydrogens (tertiary/aromatic N) is 1. The molecule has 28 heavy (non-hydrogen) atoms. The van der Waals surface area contributed by atoms with Crippen LogP contribution in [0, 0.1) is 11.6 Å². The van der Waals surface area contributed by atoms with Gasteiger partial charge in [-0.05, 0) is 30.3 Å². The van der Waals surface area contributed by atoms with Crippen LogP contribution in [0.2, 0.25) is 5.02 Å². The van der Waals surface area contributed by atoms with Gasteiger partial charge in [0.05, 0.1) is 29.6 Å². The number of halogens is 3. The number of carbonyl (C=O) groups excluding carboxylic acids is 2. The smallest absolute Gasteiger partial charge is 0.339 e. The molecule has 0 saturated carbocycles. The molecule has 0 aliphatic heterocycles.